The van der Waals surface area contributed by atoms with Gasteiger partial charge in [0.15, 0.2) is 0 Å². The average molecular weight is 311 g/mol. The van der Waals surface area contributed by atoms with Crippen molar-refractivity contribution in [3.63, 3.8) is 0 Å². The zero-order valence-corrected chi connectivity index (χ0v) is 13.5. The van der Waals surface area contributed by atoms with Crippen LogP contribution in [0.15, 0.2) is 36.5 Å². The highest BCUT2D eigenvalue weighted by molar-refractivity contribution is 5.94. The molecule has 0 aliphatic carbocycles. The van der Waals surface area contributed by atoms with Crippen molar-refractivity contribution in [2.24, 2.45) is 5.73 Å². The van der Waals surface area contributed by atoms with Crippen LogP contribution in [0.25, 0.3) is 6.08 Å². The van der Waals surface area contributed by atoms with Gasteiger partial charge in [-0.25, -0.2) is 4.98 Å². The van der Waals surface area contributed by atoms with E-state index in [0.717, 1.165) is 11.3 Å². The van der Waals surface area contributed by atoms with Crippen molar-refractivity contribution in [2.75, 3.05) is 10.6 Å². The number of anilines is 3. The second-order valence-electron chi connectivity index (χ2n) is 5.37. The number of nitrogen functional groups attached to an aromatic ring is 1. The Labute approximate surface area is 135 Å². The number of amides is 1. The molecule has 4 N–H and O–H groups in total. The van der Waals surface area contributed by atoms with Crippen LogP contribution in [-0.2, 0) is 0 Å². The van der Waals surface area contributed by atoms with Gasteiger partial charge in [0.1, 0.15) is 5.82 Å². The number of allylic oxidation sites excluding steroid dienone is 1. The third kappa shape index (κ3) is 3.66. The van der Waals surface area contributed by atoms with Crippen molar-refractivity contribution in [3.05, 3.63) is 47.7 Å². The van der Waals surface area contributed by atoms with Crippen molar-refractivity contribution in [2.45, 2.75) is 26.8 Å². The van der Waals surface area contributed by atoms with E-state index in [1.54, 1.807) is 24.4 Å². The Morgan fingerprint density at radius 1 is 1.30 bits per heavy atom. The summed E-state index contributed by atoms with van der Waals surface area (Å²) in [6, 6.07) is 7.29. The molecule has 0 bridgehead atoms. The number of carbonyl (C=O) groups is 1. The Kier molecular flexibility index (Phi) is 4.95. The van der Waals surface area contributed by atoms with Gasteiger partial charge in [-0.3, -0.25) is 4.79 Å². The maximum atomic E-state index is 11.4. The standard InChI is InChI=1S/C17H21N5O/c1-4-5-12-10-13(16(18)23)6-7-14(12)22(11(2)3)15-8-9-20-17(19)21-15/h4-11H,1-3H3,(H2,18,23)(H2,19,20,21)/b5-4+. The van der Waals surface area contributed by atoms with Crippen LogP contribution in [-0.4, -0.2) is 21.9 Å². The Morgan fingerprint density at radius 2 is 2.04 bits per heavy atom. The maximum Gasteiger partial charge on any atom is 0.248 e. The van der Waals surface area contributed by atoms with Crippen LogP contribution in [0.2, 0.25) is 0 Å². The first-order valence-electron chi connectivity index (χ1n) is 7.38. The smallest absolute Gasteiger partial charge is 0.248 e. The molecule has 1 heterocycles. The zero-order chi connectivity index (χ0) is 17.0. The van der Waals surface area contributed by atoms with Gasteiger partial charge in [-0.05, 0) is 50.6 Å². The lowest BCUT2D eigenvalue weighted by atomic mass is 10.1. The number of primary amides is 1. The topological polar surface area (TPSA) is 98.1 Å². The summed E-state index contributed by atoms with van der Waals surface area (Å²) in [6.45, 7) is 6.03. The van der Waals surface area contributed by atoms with Gasteiger partial charge in [-0.1, -0.05) is 12.2 Å². The quantitative estimate of drug-likeness (QED) is 0.884. The Balaban J connectivity index is 2.61. The predicted molar refractivity (Wildman–Crippen MR) is 93.4 cm³/mol. The molecule has 0 saturated carbocycles. The van der Waals surface area contributed by atoms with E-state index in [4.69, 9.17) is 11.5 Å². The van der Waals surface area contributed by atoms with Crippen LogP contribution in [0.3, 0.4) is 0 Å². The summed E-state index contributed by atoms with van der Waals surface area (Å²) >= 11 is 0. The average Bonchev–Trinajstić information content (AvgIpc) is 2.48. The third-order valence-corrected chi connectivity index (χ3v) is 3.34. The molecule has 0 unspecified atom stereocenters. The fraction of sp³-hybridized carbons (Fsp3) is 0.235. The van der Waals surface area contributed by atoms with Crippen LogP contribution in [0.1, 0.15) is 36.7 Å². The molecule has 0 spiro atoms. The number of hydrogen-bond donors (Lipinski definition) is 2. The van der Waals surface area contributed by atoms with Gasteiger partial charge in [-0.15, -0.1) is 0 Å². The van der Waals surface area contributed by atoms with E-state index in [9.17, 15) is 4.79 Å². The van der Waals surface area contributed by atoms with Crippen LogP contribution in [0.5, 0.6) is 0 Å². The fourth-order valence-electron chi connectivity index (χ4n) is 2.40. The largest absolute Gasteiger partial charge is 0.368 e. The van der Waals surface area contributed by atoms with E-state index in [2.05, 4.69) is 23.8 Å². The van der Waals surface area contributed by atoms with Crippen LogP contribution < -0.4 is 16.4 Å². The first-order valence-corrected chi connectivity index (χ1v) is 7.38. The Bertz CT molecular complexity index is 740. The maximum absolute atomic E-state index is 11.4. The van der Waals surface area contributed by atoms with Crippen molar-refractivity contribution in [3.8, 4) is 0 Å². The number of nitrogens with two attached hydrogens (primary N) is 2. The molecule has 6 heteroatoms. The predicted octanol–water partition coefficient (Wildman–Crippen LogP) is 2.74. The van der Waals surface area contributed by atoms with Crippen molar-refractivity contribution in [1.82, 2.24) is 9.97 Å². The summed E-state index contributed by atoms with van der Waals surface area (Å²) in [5.41, 5.74) is 13.4. The molecule has 0 saturated heterocycles. The van der Waals surface area contributed by atoms with E-state index in [1.165, 1.54) is 0 Å². The number of nitrogens with zero attached hydrogens (tertiary/aromatic N) is 3. The number of rotatable bonds is 5. The second-order valence-corrected chi connectivity index (χ2v) is 5.37. The normalized spacial score (nSPS) is 11.1. The molecule has 6 nitrogen and oxygen atoms in total. The summed E-state index contributed by atoms with van der Waals surface area (Å²) in [5, 5.41) is 0. The molecule has 1 aromatic heterocycles. The highest BCUT2D eigenvalue weighted by Crippen LogP contribution is 2.31. The highest BCUT2D eigenvalue weighted by Gasteiger charge is 2.18. The molecule has 0 aliphatic rings. The lowest BCUT2D eigenvalue weighted by Crippen LogP contribution is -2.27. The van der Waals surface area contributed by atoms with Gasteiger partial charge in [-0.2, -0.15) is 4.98 Å². The summed E-state index contributed by atoms with van der Waals surface area (Å²) in [7, 11) is 0. The summed E-state index contributed by atoms with van der Waals surface area (Å²) in [5.74, 6) is 0.462. The van der Waals surface area contributed by atoms with Crippen LogP contribution >= 0.6 is 0 Å². The first kappa shape index (κ1) is 16.5. The molecule has 23 heavy (non-hydrogen) atoms. The minimum atomic E-state index is -0.454. The fourth-order valence-corrected chi connectivity index (χ4v) is 2.40. The van der Waals surface area contributed by atoms with Gasteiger partial charge < -0.3 is 16.4 Å². The Morgan fingerprint density at radius 3 is 2.61 bits per heavy atom. The second kappa shape index (κ2) is 6.91. The number of benzene rings is 1. The number of hydrogen-bond acceptors (Lipinski definition) is 5. The molecule has 0 aliphatic heterocycles. The molecular formula is C17H21N5O. The van der Waals surface area contributed by atoms with E-state index in [-0.39, 0.29) is 12.0 Å². The zero-order valence-electron chi connectivity index (χ0n) is 13.5. The molecule has 0 radical (unpaired) electrons. The highest BCUT2D eigenvalue weighted by atomic mass is 16.1. The van der Waals surface area contributed by atoms with Crippen LogP contribution in [0, 0.1) is 0 Å². The minimum absolute atomic E-state index is 0.132. The van der Waals surface area contributed by atoms with Gasteiger partial charge in [0.2, 0.25) is 11.9 Å². The SMILES string of the molecule is C/C=C/c1cc(C(N)=O)ccc1N(c1ccnc(N)n1)C(C)C. The van der Waals surface area contributed by atoms with Crippen LogP contribution in [0.4, 0.5) is 17.5 Å². The van der Waals surface area contributed by atoms with E-state index < -0.39 is 5.91 Å². The molecule has 2 rings (SSSR count). The van der Waals surface area contributed by atoms with E-state index >= 15 is 0 Å². The van der Waals surface area contributed by atoms with Gasteiger partial charge in [0.05, 0.1) is 0 Å². The van der Waals surface area contributed by atoms with Gasteiger partial charge >= 0.3 is 0 Å². The third-order valence-electron chi connectivity index (χ3n) is 3.34. The van der Waals surface area contributed by atoms with E-state index in [0.29, 0.717) is 11.4 Å². The van der Waals surface area contributed by atoms with Gasteiger partial charge in [0.25, 0.3) is 0 Å². The lowest BCUT2D eigenvalue weighted by Gasteiger charge is -2.29. The lowest BCUT2D eigenvalue weighted by molar-refractivity contribution is 0.100. The molecule has 0 atom stereocenters. The number of carbonyl (C=O) groups excluding carboxylic acids is 1. The minimum Gasteiger partial charge on any atom is -0.368 e. The molecule has 0 fully saturated rings. The molecule has 1 aromatic carbocycles. The molecule has 1 amide bonds. The Hall–Kier alpha value is -2.89. The molecule has 120 valence electrons. The number of aromatic nitrogens is 2. The molecule has 2 aromatic rings. The summed E-state index contributed by atoms with van der Waals surface area (Å²) < 4.78 is 0. The summed E-state index contributed by atoms with van der Waals surface area (Å²) in [6.07, 6.45) is 5.47. The molecular weight excluding hydrogens is 290 g/mol. The van der Waals surface area contributed by atoms with Crippen molar-refractivity contribution in [1.29, 1.82) is 0 Å². The van der Waals surface area contributed by atoms with Crippen molar-refractivity contribution >= 4 is 29.4 Å². The summed E-state index contributed by atoms with van der Waals surface area (Å²) in [4.78, 5) is 21.7. The van der Waals surface area contributed by atoms with Gasteiger partial charge in [0, 0.05) is 23.5 Å². The van der Waals surface area contributed by atoms with E-state index in [1.807, 2.05) is 30.0 Å². The monoisotopic (exact) mass is 311 g/mol. The van der Waals surface area contributed by atoms with Crippen molar-refractivity contribution < 1.29 is 4.79 Å². The first-order chi connectivity index (χ1) is 10.9.